The predicted molar refractivity (Wildman–Crippen MR) is 183 cm³/mol. The Hall–Kier alpha value is -4.20. The molecule has 4 aliphatic rings. The number of nitrogens with zero attached hydrogens (tertiary/aromatic N) is 3. The van der Waals surface area contributed by atoms with Crippen molar-refractivity contribution in [2.75, 3.05) is 13.1 Å². The molecule has 268 valence electrons. The molecule has 0 spiro atoms. The van der Waals surface area contributed by atoms with Crippen LogP contribution in [0.25, 0.3) is 0 Å². The van der Waals surface area contributed by atoms with Crippen LogP contribution < -0.4 is 27.8 Å². The van der Waals surface area contributed by atoms with Crippen LogP contribution in [-0.4, -0.2) is 99.8 Å². The number of hydrogen-bond donors (Lipinski definition) is 6. The second kappa shape index (κ2) is 16.5. The largest absolute Gasteiger partial charge is 0.480 e. The molecule has 4 fully saturated rings. The van der Waals surface area contributed by atoms with Crippen molar-refractivity contribution in [3.63, 3.8) is 0 Å². The number of aliphatic imine (C=N–C) groups is 1. The SMILES string of the molecule is NC(N)=NCCC[C@@H](N)C(=O)N1[C@H](C(=O)N2[C@H](C(=O)NCC(=O)N[C@@H](Cc3ccccc3)C(=O)O)C[C@@H]3CCCC[C@@H]32)C[C@@H]2CCCC[C@@H]21. The van der Waals surface area contributed by atoms with Gasteiger partial charge in [-0.1, -0.05) is 56.0 Å². The van der Waals surface area contributed by atoms with Crippen molar-refractivity contribution in [1.82, 2.24) is 20.4 Å². The number of amides is 4. The molecule has 0 radical (unpaired) electrons. The average molecular weight is 681 g/mol. The van der Waals surface area contributed by atoms with Crippen LogP contribution in [-0.2, 0) is 30.4 Å². The number of nitrogens with two attached hydrogens (primary N) is 3. The van der Waals surface area contributed by atoms with E-state index in [4.69, 9.17) is 17.2 Å². The van der Waals surface area contributed by atoms with E-state index in [1.807, 2.05) is 6.07 Å². The molecule has 1 aromatic rings. The summed E-state index contributed by atoms with van der Waals surface area (Å²) >= 11 is 0. The van der Waals surface area contributed by atoms with Gasteiger partial charge in [0.2, 0.25) is 23.6 Å². The second-order valence-electron chi connectivity index (χ2n) is 14.1. The van der Waals surface area contributed by atoms with Crippen LogP contribution in [0.15, 0.2) is 35.3 Å². The molecule has 14 heteroatoms. The lowest BCUT2D eigenvalue weighted by Gasteiger charge is -2.39. The first-order chi connectivity index (χ1) is 23.5. The van der Waals surface area contributed by atoms with Gasteiger partial charge in [0, 0.05) is 25.0 Å². The maximum absolute atomic E-state index is 14.7. The van der Waals surface area contributed by atoms with E-state index in [-0.39, 0.29) is 48.1 Å². The van der Waals surface area contributed by atoms with Gasteiger partial charge in [-0.15, -0.1) is 0 Å². The summed E-state index contributed by atoms with van der Waals surface area (Å²) < 4.78 is 0. The van der Waals surface area contributed by atoms with Crippen molar-refractivity contribution < 1.29 is 29.1 Å². The monoisotopic (exact) mass is 680 g/mol. The van der Waals surface area contributed by atoms with Gasteiger partial charge in [-0.2, -0.15) is 0 Å². The predicted octanol–water partition coefficient (Wildman–Crippen LogP) is 0.615. The van der Waals surface area contributed by atoms with Crippen LogP contribution in [0.1, 0.15) is 82.6 Å². The molecule has 2 heterocycles. The molecule has 1 aromatic carbocycles. The van der Waals surface area contributed by atoms with Crippen LogP contribution in [0.2, 0.25) is 0 Å². The van der Waals surface area contributed by atoms with Gasteiger partial charge in [-0.05, 0) is 68.8 Å². The van der Waals surface area contributed by atoms with E-state index in [1.165, 1.54) is 0 Å². The topological polar surface area (TPSA) is 227 Å². The van der Waals surface area contributed by atoms with Crippen molar-refractivity contribution >= 4 is 35.6 Å². The van der Waals surface area contributed by atoms with Gasteiger partial charge in [0.1, 0.15) is 18.1 Å². The molecule has 5 rings (SSSR count). The molecule has 8 atom stereocenters. The average Bonchev–Trinajstić information content (AvgIpc) is 3.68. The summed E-state index contributed by atoms with van der Waals surface area (Å²) in [6, 6.07) is 5.32. The fourth-order valence-corrected chi connectivity index (χ4v) is 8.60. The number of likely N-dealkylation sites (tertiary alicyclic amines) is 2. The van der Waals surface area contributed by atoms with Gasteiger partial charge in [0.15, 0.2) is 5.96 Å². The summed E-state index contributed by atoms with van der Waals surface area (Å²) in [5.41, 5.74) is 18.1. The third-order valence-electron chi connectivity index (χ3n) is 10.9. The zero-order valence-electron chi connectivity index (χ0n) is 28.2. The molecule has 0 bridgehead atoms. The number of benzene rings is 1. The van der Waals surface area contributed by atoms with Crippen molar-refractivity contribution in [1.29, 1.82) is 0 Å². The molecule has 2 aliphatic carbocycles. The maximum Gasteiger partial charge on any atom is 0.326 e. The minimum Gasteiger partial charge on any atom is -0.480 e. The fraction of sp³-hybridized carbons (Fsp3) is 0.657. The number of nitrogens with one attached hydrogen (secondary N) is 2. The molecule has 49 heavy (non-hydrogen) atoms. The molecule has 2 saturated heterocycles. The van der Waals surface area contributed by atoms with Crippen LogP contribution in [0.3, 0.4) is 0 Å². The zero-order chi connectivity index (χ0) is 35.1. The van der Waals surface area contributed by atoms with Crippen LogP contribution in [0.5, 0.6) is 0 Å². The molecule has 2 aliphatic heterocycles. The van der Waals surface area contributed by atoms with E-state index < -0.39 is 48.5 Å². The Morgan fingerprint density at radius 3 is 2.12 bits per heavy atom. The number of rotatable bonds is 13. The second-order valence-corrected chi connectivity index (χ2v) is 14.1. The Bertz CT molecular complexity index is 1390. The lowest BCUT2D eigenvalue weighted by Crippen LogP contribution is -2.59. The first-order valence-electron chi connectivity index (χ1n) is 17.8. The lowest BCUT2D eigenvalue weighted by atomic mass is 9.84. The Labute approximate surface area is 287 Å². The van der Waals surface area contributed by atoms with Gasteiger partial charge in [-0.25, -0.2) is 4.79 Å². The minimum absolute atomic E-state index is 0.0199. The van der Waals surface area contributed by atoms with E-state index >= 15 is 0 Å². The Balaban J connectivity index is 1.28. The highest BCUT2D eigenvalue weighted by Gasteiger charge is 2.54. The van der Waals surface area contributed by atoms with Crippen molar-refractivity contribution in [3.8, 4) is 0 Å². The summed E-state index contributed by atoms with van der Waals surface area (Å²) in [6.07, 6.45) is 9.43. The number of aliphatic carboxylic acids is 1. The Morgan fingerprint density at radius 1 is 0.878 bits per heavy atom. The molecule has 14 nitrogen and oxygen atoms in total. The lowest BCUT2D eigenvalue weighted by molar-refractivity contribution is -0.150. The number of carboxylic acids is 1. The molecule has 0 aromatic heterocycles. The van der Waals surface area contributed by atoms with E-state index in [2.05, 4.69) is 15.6 Å². The van der Waals surface area contributed by atoms with E-state index in [0.29, 0.717) is 32.2 Å². The van der Waals surface area contributed by atoms with Crippen molar-refractivity contribution in [2.24, 2.45) is 34.0 Å². The maximum atomic E-state index is 14.7. The highest BCUT2D eigenvalue weighted by Crippen LogP contribution is 2.44. The van der Waals surface area contributed by atoms with Gasteiger partial charge in [-0.3, -0.25) is 24.2 Å². The van der Waals surface area contributed by atoms with Crippen LogP contribution in [0, 0.1) is 11.8 Å². The number of fused-ring (bicyclic) bond motifs is 2. The number of carbonyl (C=O) groups is 5. The van der Waals surface area contributed by atoms with Crippen molar-refractivity contribution in [2.45, 2.75) is 120 Å². The third kappa shape index (κ3) is 8.70. The Morgan fingerprint density at radius 2 is 1.49 bits per heavy atom. The standard InChI is InChI=1S/C35H52N8O6/c36-24(13-8-16-39-35(37)38)32(46)43-27-15-7-5-12-23(27)19-29(43)33(47)42-26-14-6-4-11-22(26)18-28(42)31(45)40-20-30(44)41-25(34(48)49)17-21-9-2-1-3-10-21/h1-3,9-10,22-29H,4-8,11-20,36H2,(H,40,45)(H,41,44)(H,48,49)(H4,37,38,39)/t22-,23-,24+,25-,26-,27-,28-,29-/m0/s1. The Kier molecular flexibility index (Phi) is 12.1. The fourth-order valence-electron chi connectivity index (χ4n) is 8.60. The number of guanidine groups is 1. The first-order valence-corrected chi connectivity index (χ1v) is 17.8. The first kappa shape index (κ1) is 36.1. The summed E-state index contributed by atoms with van der Waals surface area (Å²) in [6.45, 7) is -0.0640. The third-order valence-corrected chi connectivity index (χ3v) is 10.9. The summed E-state index contributed by atoms with van der Waals surface area (Å²) in [4.78, 5) is 74.6. The molecular weight excluding hydrogens is 628 g/mol. The molecular formula is C35H52N8O6. The van der Waals surface area contributed by atoms with E-state index in [0.717, 1.165) is 56.9 Å². The smallest absolute Gasteiger partial charge is 0.326 e. The van der Waals surface area contributed by atoms with Crippen LogP contribution in [0.4, 0.5) is 0 Å². The molecule has 0 unspecified atom stereocenters. The van der Waals surface area contributed by atoms with Crippen molar-refractivity contribution in [3.05, 3.63) is 35.9 Å². The number of hydrogen-bond acceptors (Lipinski definition) is 7. The van der Waals surface area contributed by atoms with Gasteiger partial charge < -0.3 is 42.7 Å². The summed E-state index contributed by atoms with van der Waals surface area (Å²) in [5.74, 6) is -2.40. The summed E-state index contributed by atoms with van der Waals surface area (Å²) in [5, 5.41) is 14.9. The molecule has 2 saturated carbocycles. The molecule has 4 amide bonds. The minimum atomic E-state index is -1.18. The zero-order valence-corrected chi connectivity index (χ0v) is 28.2. The van der Waals surface area contributed by atoms with E-state index in [9.17, 15) is 29.1 Å². The quantitative estimate of drug-likeness (QED) is 0.0974. The van der Waals surface area contributed by atoms with Gasteiger partial charge in [0.05, 0.1) is 12.6 Å². The number of carbonyl (C=O) groups excluding carboxylic acids is 4. The number of carboxylic acid groups (broad SMARTS) is 1. The van der Waals surface area contributed by atoms with E-state index in [1.54, 1.807) is 34.1 Å². The van der Waals surface area contributed by atoms with Gasteiger partial charge >= 0.3 is 5.97 Å². The summed E-state index contributed by atoms with van der Waals surface area (Å²) in [7, 11) is 0. The molecule has 9 N–H and O–H groups in total. The highest BCUT2D eigenvalue weighted by molar-refractivity contribution is 5.95. The highest BCUT2D eigenvalue weighted by atomic mass is 16.4. The van der Waals surface area contributed by atoms with Gasteiger partial charge in [0.25, 0.3) is 0 Å². The normalized spacial score (nSPS) is 27.3. The van der Waals surface area contributed by atoms with Crippen LogP contribution >= 0.6 is 0 Å².